The first-order valence-electron chi connectivity index (χ1n) is 5.00. The van der Waals surface area contributed by atoms with Crippen LogP contribution in [0.5, 0.6) is 0 Å². The second kappa shape index (κ2) is 3.51. The average Bonchev–Trinajstić information content (AvgIpc) is 2.47. The number of benzene rings is 1. The molecule has 3 nitrogen and oxygen atoms in total. The molecule has 0 radical (unpaired) electrons. The van der Waals surface area contributed by atoms with Gasteiger partial charge in [0.1, 0.15) is 12.4 Å². The van der Waals surface area contributed by atoms with Crippen LogP contribution in [-0.2, 0) is 17.9 Å². The number of hydrogen-bond donors (Lipinski definition) is 0. The van der Waals surface area contributed by atoms with E-state index < -0.39 is 0 Å². The average molecular weight is 223 g/mol. The Labute approximate surface area is 92.6 Å². The quantitative estimate of drug-likeness (QED) is 0.639. The molecule has 2 aromatic rings. The molecular formula is C11H11ClN2O. The van der Waals surface area contributed by atoms with Gasteiger partial charge in [-0.2, -0.15) is 0 Å². The normalized spacial score (nSPS) is 21.3. The monoisotopic (exact) mass is 222 g/mol. The van der Waals surface area contributed by atoms with Crippen molar-refractivity contribution in [2.75, 3.05) is 6.61 Å². The molecule has 1 aliphatic rings. The van der Waals surface area contributed by atoms with Gasteiger partial charge in [-0.15, -0.1) is 11.6 Å². The summed E-state index contributed by atoms with van der Waals surface area (Å²) in [6.07, 6.45) is 0. The molecule has 2 heterocycles. The van der Waals surface area contributed by atoms with Crippen LogP contribution in [0.3, 0.4) is 0 Å². The van der Waals surface area contributed by atoms with E-state index in [2.05, 4.69) is 15.6 Å². The van der Waals surface area contributed by atoms with E-state index in [1.165, 1.54) is 0 Å². The van der Waals surface area contributed by atoms with Crippen LogP contribution >= 0.6 is 11.6 Å². The van der Waals surface area contributed by atoms with E-state index in [9.17, 15) is 0 Å². The minimum atomic E-state index is 0.0313. The fraction of sp³-hybridized carbons (Fsp3) is 0.364. The Morgan fingerprint density at radius 2 is 2.27 bits per heavy atom. The fourth-order valence-electron chi connectivity index (χ4n) is 1.97. The van der Waals surface area contributed by atoms with Gasteiger partial charge < -0.3 is 9.30 Å². The zero-order valence-electron chi connectivity index (χ0n) is 8.19. The molecule has 0 spiro atoms. The molecular weight excluding hydrogens is 212 g/mol. The molecule has 1 aliphatic heterocycles. The van der Waals surface area contributed by atoms with Gasteiger partial charge in [-0.1, -0.05) is 12.1 Å². The van der Waals surface area contributed by atoms with E-state index in [0.29, 0.717) is 13.2 Å². The van der Waals surface area contributed by atoms with Gasteiger partial charge in [0.2, 0.25) is 0 Å². The lowest BCUT2D eigenvalue weighted by Crippen LogP contribution is -2.12. The van der Waals surface area contributed by atoms with Gasteiger partial charge >= 0.3 is 0 Å². The summed E-state index contributed by atoms with van der Waals surface area (Å²) in [6.45, 7) is 1.93. The molecule has 0 bridgehead atoms. The van der Waals surface area contributed by atoms with E-state index in [1.807, 2.05) is 18.2 Å². The molecule has 0 unspecified atom stereocenters. The van der Waals surface area contributed by atoms with Crippen molar-refractivity contribution in [2.45, 2.75) is 18.5 Å². The maximum absolute atomic E-state index is 6.13. The van der Waals surface area contributed by atoms with E-state index in [4.69, 9.17) is 16.3 Å². The molecule has 0 aliphatic carbocycles. The zero-order valence-corrected chi connectivity index (χ0v) is 8.94. The number of hydrogen-bond acceptors (Lipinski definition) is 2. The van der Waals surface area contributed by atoms with Crippen molar-refractivity contribution in [1.82, 2.24) is 9.55 Å². The molecule has 0 saturated carbocycles. The topological polar surface area (TPSA) is 27.1 Å². The van der Waals surface area contributed by atoms with E-state index in [1.54, 1.807) is 0 Å². The molecule has 1 aromatic heterocycles. The second-order valence-corrected chi connectivity index (χ2v) is 4.36. The van der Waals surface area contributed by atoms with Gasteiger partial charge in [0.15, 0.2) is 0 Å². The van der Waals surface area contributed by atoms with Gasteiger partial charge in [-0.05, 0) is 12.1 Å². The van der Waals surface area contributed by atoms with Crippen LogP contribution in [0.1, 0.15) is 5.82 Å². The molecule has 1 aromatic carbocycles. The largest absolute Gasteiger partial charge is 0.372 e. The van der Waals surface area contributed by atoms with Gasteiger partial charge in [0.05, 0.1) is 23.0 Å². The SMILES string of the molecule is Cl[C@H]1COCc2nc3ccccc3n2C1. The van der Waals surface area contributed by atoms with Gasteiger partial charge in [0, 0.05) is 6.54 Å². The van der Waals surface area contributed by atoms with Crippen LogP contribution in [0.2, 0.25) is 0 Å². The second-order valence-electron chi connectivity index (χ2n) is 3.74. The fourth-order valence-corrected chi connectivity index (χ4v) is 2.20. The number of fused-ring (bicyclic) bond motifs is 3. The van der Waals surface area contributed by atoms with Crippen molar-refractivity contribution >= 4 is 22.6 Å². The van der Waals surface area contributed by atoms with Crippen molar-refractivity contribution < 1.29 is 4.74 Å². The summed E-state index contributed by atoms with van der Waals surface area (Å²) < 4.78 is 7.60. The van der Waals surface area contributed by atoms with Gasteiger partial charge in [0.25, 0.3) is 0 Å². The third-order valence-corrected chi connectivity index (χ3v) is 2.91. The standard InChI is InChI=1S/C11H11ClN2O/c12-8-5-14-10-4-2-1-3-9(10)13-11(14)7-15-6-8/h1-4,8H,5-7H2/t8-/m1/s1. The predicted molar refractivity (Wildman–Crippen MR) is 59.0 cm³/mol. The number of rotatable bonds is 0. The highest BCUT2D eigenvalue weighted by Gasteiger charge is 2.18. The summed E-state index contributed by atoms with van der Waals surface area (Å²) in [6, 6.07) is 8.10. The Morgan fingerprint density at radius 3 is 3.20 bits per heavy atom. The highest BCUT2D eigenvalue weighted by molar-refractivity contribution is 6.20. The van der Waals surface area contributed by atoms with Gasteiger partial charge in [-0.3, -0.25) is 0 Å². The lowest BCUT2D eigenvalue weighted by atomic mass is 10.3. The number of ether oxygens (including phenoxy) is 1. The molecule has 15 heavy (non-hydrogen) atoms. The van der Waals surface area contributed by atoms with Crippen LogP contribution in [-0.4, -0.2) is 21.5 Å². The highest BCUT2D eigenvalue weighted by atomic mass is 35.5. The first-order valence-corrected chi connectivity index (χ1v) is 5.44. The van der Waals surface area contributed by atoms with E-state index in [-0.39, 0.29) is 5.38 Å². The maximum Gasteiger partial charge on any atom is 0.136 e. The third-order valence-electron chi connectivity index (χ3n) is 2.64. The molecule has 0 fully saturated rings. The van der Waals surface area contributed by atoms with Crippen molar-refractivity contribution in [3.8, 4) is 0 Å². The molecule has 3 rings (SSSR count). The van der Waals surface area contributed by atoms with Crippen molar-refractivity contribution in [2.24, 2.45) is 0 Å². The Bertz CT molecular complexity index is 494. The Balaban J connectivity index is 2.20. The summed E-state index contributed by atoms with van der Waals surface area (Å²) in [5.41, 5.74) is 2.16. The van der Waals surface area contributed by atoms with Crippen molar-refractivity contribution in [3.05, 3.63) is 30.1 Å². The molecule has 0 saturated heterocycles. The Kier molecular flexibility index (Phi) is 2.15. The molecule has 0 amide bonds. The lowest BCUT2D eigenvalue weighted by Gasteiger charge is -2.06. The van der Waals surface area contributed by atoms with Crippen LogP contribution in [0.4, 0.5) is 0 Å². The summed E-state index contributed by atoms with van der Waals surface area (Å²) in [7, 11) is 0. The number of nitrogens with zero attached hydrogens (tertiary/aromatic N) is 2. The van der Waals surface area contributed by atoms with Crippen LogP contribution in [0.15, 0.2) is 24.3 Å². The van der Waals surface area contributed by atoms with E-state index in [0.717, 1.165) is 23.4 Å². The molecule has 0 N–H and O–H groups in total. The third kappa shape index (κ3) is 1.52. The number of imidazole rings is 1. The van der Waals surface area contributed by atoms with Crippen LogP contribution in [0.25, 0.3) is 11.0 Å². The number of alkyl halides is 1. The smallest absolute Gasteiger partial charge is 0.136 e. The zero-order chi connectivity index (χ0) is 10.3. The van der Waals surface area contributed by atoms with E-state index >= 15 is 0 Å². The Morgan fingerprint density at radius 1 is 1.40 bits per heavy atom. The van der Waals surface area contributed by atoms with Crippen LogP contribution in [0, 0.1) is 0 Å². The summed E-state index contributed by atoms with van der Waals surface area (Å²) >= 11 is 6.13. The number of halogens is 1. The summed E-state index contributed by atoms with van der Waals surface area (Å²) in [4.78, 5) is 4.53. The lowest BCUT2D eigenvalue weighted by molar-refractivity contribution is 0.124. The van der Waals surface area contributed by atoms with Crippen molar-refractivity contribution in [3.63, 3.8) is 0 Å². The first-order chi connectivity index (χ1) is 7.34. The molecule has 78 valence electrons. The minimum Gasteiger partial charge on any atom is -0.372 e. The first kappa shape index (κ1) is 9.19. The number of para-hydroxylation sites is 2. The Hall–Kier alpha value is -1.06. The van der Waals surface area contributed by atoms with Gasteiger partial charge in [-0.25, -0.2) is 4.98 Å². The summed E-state index contributed by atoms with van der Waals surface area (Å²) in [5, 5.41) is 0.0313. The molecule has 1 atom stereocenters. The predicted octanol–water partition coefficient (Wildman–Crippen LogP) is 2.17. The van der Waals surface area contributed by atoms with Crippen LogP contribution < -0.4 is 0 Å². The number of aromatic nitrogens is 2. The van der Waals surface area contributed by atoms with Crippen molar-refractivity contribution in [1.29, 1.82) is 0 Å². The highest BCUT2D eigenvalue weighted by Crippen LogP contribution is 2.20. The molecule has 4 heteroatoms. The maximum atomic E-state index is 6.13. The summed E-state index contributed by atoms with van der Waals surface area (Å²) in [5.74, 6) is 0.972. The minimum absolute atomic E-state index is 0.0313.